The lowest BCUT2D eigenvalue weighted by Gasteiger charge is -2.29. The first kappa shape index (κ1) is 17.6. The highest BCUT2D eigenvalue weighted by atomic mass is 35.5. The summed E-state index contributed by atoms with van der Waals surface area (Å²) in [5, 5.41) is 3.69. The summed E-state index contributed by atoms with van der Waals surface area (Å²) in [6.45, 7) is 0. The summed E-state index contributed by atoms with van der Waals surface area (Å²) in [5.74, 6) is 0.997. The number of halogens is 1. The van der Waals surface area contributed by atoms with Gasteiger partial charge < -0.3 is 16.0 Å². The highest BCUT2D eigenvalue weighted by Gasteiger charge is 2.36. The molecule has 7 heteroatoms. The lowest BCUT2D eigenvalue weighted by Crippen LogP contribution is -2.51. The summed E-state index contributed by atoms with van der Waals surface area (Å²) in [6, 6.07) is 6.81. The number of amides is 2. The van der Waals surface area contributed by atoms with Gasteiger partial charge >= 0.3 is 0 Å². The molecule has 2 aliphatic rings. The molecule has 1 saturated heterocycles. The highest BCUT2D eigenvalue weighted by molar-refractivity contribution is 7.99. The predicted octanol–water partition coefficient (Wildman–Crippen LogP) is 2.24. The van der Waals surface area contributed by atoms with Crippen LogP contribution in [0.3, 0.4) is 0 Å². The van der Waals surface area contributed by atoms with Crippen LogP contribution in [0.25, 0.3) is 0 Å². The van der Waals surface area contributed by atoms with Gasteiger partial charge in [0.1, 0.15) is 6.04 Å². The summed E-state index contributed by atoms with van der Waals surface area (Å²) in [4.78, 5) is 27.0. The molecule has 3 rings (SSSR count). The fourth-order valence-electron chi connectivity index (χ4n) is 3.18. The number of hydrogen-bond donors (Lipinski definition) is 2. The van der Waals surface area contributed by atoms with E-state index in [1.54, 1.807) is 40.9 Å². The zero-order valence-electron chi connectivity index (χ0n) is 13.4. The van der Waals surface area contributed by atoms with E-state index < -0.39 is 6.04 Å². The minimum atomic E-state index is -0.409. The van der Waals surface area contributed by atoms with Gasteiger partial charge in [-0.05, 0) is 49.9 Å². The Bertz CT molecular complexity index is 602. The standard InChI is InChI=1S/C17H22ClN3O2S/c18-12-3-1-11(2-4-12)17(23)21-10-24-9-15(21)16(22)20-14-7-5-13(19)6-8-14/h1-4,13-15H,5-10,19H2,(H,20,22). The predicted molar refractivity (Wildman–Crippen MR) is 97.1 cm³/mol. The molecule has 3 N–H and O–H groups in total. The van der Waals surface area contributed by atoms with E-state index in [4.69, 9.17) is 17.3 Å². The lowest BCUT2D eigenvalue weighted by molar-refractivity contribution is -0.125. The molecule has 0 aromatic heterocycles. The van der Waals surface area contributed by atoms with Crippen molar-refractivity contribution in [3.8, 4) is 0 Å². The van der Waals surface area contributed by atoms with Crippen LogP contribution in [-0.4, -0.2) is 46.5 Å². The third-order valence-corrected chi connectivity index (χ3v) is 5.92. The Morgan fingerprint density at radius 2 is 1.83 bits per heavy atom. The summed E-state index contributed by atoms with van der Waals surface area (Å²) in [5.41, 5.74) is 6.47. The molecular weight excluding hydrogens is 346 g/mol. The van der Waals surface area contributed by atoms with Crippen LogP contribution in [0.4, 0.5) is 0 Å². The van der Waals surface area contributed by atoms with Crippen molar-refractivity contribution in [1.29, 1.82) is 0 Å². The molecule has 1 aromatic rings. The molecule has 5 nitrogen and oxygen atoms in total. The molecule has 2 amide bonds. The quantitative estimate of drug-likeness (QED) is 0.859. The van der Waals surface area contributed by atoms with Crippen molar-refractivity contribution < 1.29 is 9.59 Å². The van der Waals surface area contributed by atoms with Gasteiger partial charge in [-0.2, -0.15) is 0 Å². The number of hydrogen-bond acceptors (Lipinski definition) is 4. The van der Waals surface area contributed by atoms with Crippen LogP contribution in [0.15, 0.2) is 24.3 Å². The van der Waals surface area contributed by atoms with Gasteiger partial charge in [0, 0.05) is 28.4 Å². The molecule has 1 aromatic carbocycles. The number of nitrogens with zero attached hydrogens (tertiary/aromatic N) is 1. The van der Waals surface area contributed by atoms with Crippen molar-refractivity contribution >= 4 is 35.2 Å². The molecule has 0 radical (unpaired) electrons. The van der Waals surface area contributed by atoms with Gasteiger partial charge in [0.05, 0.1) is 5.88 Å². The Labute approximate surface area is 151 Å². The third kappa shape index (κ3) is 4.05. The van der Waals surface area contributed by atoms with Crippen molar-refractivity contribution in [1.82, 2.24) is 10.2 Å². The highest BCUT2D eigenvalue weighted by Crippen LogP contribution is 2.25. The molecule has 1 unspecified atom stereocenters. The van der Waals surface area contributed by atoms with Crippen LogP contribution in [-0.2, 0) is 4.79 Å². The van der Waals surface area contributed by atoms with Crippen molar-refractivity contribution in [3.63, 3.8) is 0 Å². The zero-order chi connectivity index (χ0) is 17.1. The van der Waals surface area contributed by atoms with E-state index in [1.165, 1.54) is 0 Å². The van der Waals surface area contributed by atoms with Gasteiger partial charge in [-0.25, -0.2) is 0 Å². The average Bonchev–Trinajstić information content (AvgIpc) is 3.07. The Hall–Kier alpha value is -1.24. The number of carbonyl (C=O) groups is 2. The molecule has 130 valence electrons. The Balaban J connectivity index is 1.63. The minimum absolute atomic E-state index is 0.0530. The number of rotatable bonds is 3. The molecule has 1 heterocycles. The second-order valence-electron chi connectivity index (χ2n) is 6.42. The SMILES string of the molecule is NC1CCC(NC(=O)C2CSCN2C(=O)c2ccc(Cl)cc2)CC1. The van der Waals surface area contributed by atoms with Crippen LogP contribution in [0.1, 0.15) is 36.0 Å². The first-order valence-electron chi connectivity index (χ1n) is 8.25. The Morgan fingerprint density at radius 1 is 1.17 bits per heavy atom. The fourth-order valence-corrected chi connectivity index (χ4v) is 4.46. The smallest absolute Gasteiger partial charge is 0.255 e. The molecule has 1 atom stereocenters. The molecule has 2 fully saturated rings. The second kappa shape index (κ2) is 7.76. The Morgan fingerprint density at radius 3 is 2.50 bits per heavy atom. The second-order valence-corrected chi connectivity index (χ2v) is 7.85. The van der Waals surface area contributed by atoms with E-state index in [-0.39, 0.29) is 23.9 Å². The van der Waals surface area contributed by atoms with Crippen molar-refractivity contribution in [2.45, 2.75) is 43.8 Å². The third-order valence-electron chi connectivity index (χ3n) is 4.66. The maximum Gasteiger partial charge on any atom is 0.255 e. The van der Waals surface area contributed by atoms with E-state index in [0.717, 1.165) is 25.7 Å². The van der Waals surface area contributed by atoms with E-state index in [1.807, 2.05) is 0 Å². The normalized spacial score (nSPS) is 27.1. The molecule has 1 saturated carbocycles. The van der Waals surface area contributed by atoms with Crippen LogP contribution in [0.2, 0.25) is 5.02 Å². The van der Waals surface area contributed by atoms with Crippen LogP contribution < -0.4 is 11.1 Å². The lowest BCUT2D eigenvalue weighted by atomic mass is 9.91. The molecule has 1 aliphatic heterocycles. The maximum atomic E-state index is 12.7. The van der Waals surface area contributed by atoms with Gasteiger partial charge in [-0.3, -0.25) is 9.59 Å². The van der Waals surface area contributed by atoms with E-state index >= 15 is 0 Å². The first-order valence-corrected chi connectivity index (χ1v) is 9.78. The van der Waals surface area contributed by atoms with Crippen molar-refractivity contribution in [2.75, 3.05) is 11.6 Å². The number of nitrogens with two attached hydrogens (primary N) is 1. The number of benzene rings is 1. The summed E-state index contributed by atoms with van der Waals surface area (Å²) >= 11 is 7.48. The molecule has 1 aliphatic carbocycles. The van der Waals surface area contributed by atoms with Gasteiger partial charge in [0.25, 0.3) is 5.91 Å². The van der Waals surface area contributed by atoms with Crippen molar-refractivity contribution in [3.05, 3.63) is 34.9 Å². The monoisotopic (exact) mass is 367 g/mol. The van der Waals surface area contributed by atoms with Gasteiger partial charge in [-0.1, -0.05) is 11.6 Å². The topological polar surface area (TPSA) is 75.4 Å². The number of thioether (sulfide) groups is 1. The van der Waals surface area contributed by atoms with E-state index in [9.17, 15) is 9.59 Å². The first-order chi connectivity index (χ1) is 11.5. The van der Waals surface area contributed by atoms with Crippen LogP contribution in [0, 0.1) is 0 Å². The maximum absolute atomic E-state index is 12.7. The molecule has 24 heavy (non-hydrogen) atoms. The van der Waals surface area contributed by atoms with Crippen LogP contribution >= 0.6 is 23.4 Å². The largest absolute Gasteiger partial charge is 0.352 e. The van der Waals surface area contributed by atoms with Gasteiger partial charge in [-0.15, -0.1) is 11.8 Å². The molecular formula is C17H22ClN3O2S. The van der Waals surface area contributed by atoms with Crippen LogP contribution in [0.5, 0.6) is 0 Å². The number of carbonyl (C=O) groups excluding carboxylic acids is 2. The molecule has 0 bridgehead atoms. The summed E-state index contributed by atoms with van der Waals surface area (Å²) in [7, 11) is 0. The van der Waals surface area contributed by atoms with E-state index in [0.29, 0.717) is 22.2 Å². The minimum Gasteiger partial charge on any atom is -0.352 e. The zero-order valence-corrected chi connectivity index (χ0v) is 15.0. The fraction of sp³-hybridized carbons (Fsp3) is 0.529. The van der Waals surface area contributed by atoms with E-state index in [2.05, 4.69) is 5.32 Å². The Kier molecular flexibility index (Phi) is 5.69. The number of nitrogens with one attached hydrogen (secondary N) is 1. The van der Waals surface area contributed by atoms with Gasteiger partial charge in [0.15, 0.2) is 0 Å². The van der Waals surface area contributed by atoms with Crippen molar-refractivity contribution in [2.24, 2.45) is 5.73 Å². The average molecular weight is 368 g/mol. The molecule has 0 spiro atoms. The summed E-state index contributed by atoms with van der Waals surface area (Å²) < 4.78 is 0. The summed E-state index contributed by atoms with van der Waals surface area (Å²) in [6.07, 6.45) is 3.71. The van der Waals surface area contributed by atoms with Gasteiger partial charge in [0.2, 0.25) is 5.91 Å².